The fraction of sp³-hybridized carbons (Fsp3) is 0.500. The predicted molar refractivity (Wildman–Crippen MR) is 133 cm³/mol. The van der Waals surface area contributed by atoms with Crippen molar-refractivity contribution in [3.8, 4) is 0 Å². The third kappa shape index (κ3) is 8.63. The number of carboxylic acid groups (broad SMARTS) is 2. The van der Waals surface area contributed by atoms with Gasteiger partial charge in [-0.1, -0.05) is 30.3 Å². The summed E-state index contributed by atoms with van der Waals surface area (Å²) in [5.74, 6) is -2.00. The molecule has 3 rings (SSSR count). The molecule has 11 nitrogen and oxygen atoms in total. The molecule has 194 valence electrons. The number of hydrogen-bond donors (Lipinski definition) is 3. The largest absolute Gasteiger partial charge is 0.480 e. The first-order chi connectivity index (χ1) is 16.6. The number of nitrogens with zero attached hydrogens (tertiary/aromatic N) is 4. The Labute approximate surface area is 210 Å². The lowest BCUT2D eigenvalue weighted by Crippen LogP contribution is -2.54. The number of carboxylic acids is 2. The van der Waals surface area contributed by atoms with Crippen LogP contribution in [0.15, 0.2) is 41.2 Å². The molecule has 1 aromatic carbocycles. The predicted octanol–water partition coefficient (Wildman–Crippen LogP) is 0.812. The van der Waals surface area contributed by atoms with Crippen LogP contribution in [0.2, 0.25) is 0 Å². The van der Waals surface area contributed by atoms with Crippen LogP contribution < -0.4 is 5.32 Å². The molecule has 1 fully saturated rings. The second-order valence-corrected chi connectivity index (χ2v) is 10.7. The molecule has 0 aliphatic carbocycles. The lowest BCUT2D eigenvalue weighted by Gasteiger charge is -2.36. The van der Waals surface area contributed by atoms with Gasteiger partial charge >= 0.3 is 11.9 Å². The van der Waals surface area contributed by atoms with Crippen LogP contribution >= 0.6 is 11.3 Å². The molecule has 1 aromatic heterocycles. The minimum Gasteiger partial charge on any atom is -0.480 e. The van der Waals surface area contributed by atoms with E-state index in [4.69, 9.17) is 5.11 Å². The van der Waals surface area contributed by atoms with Crippen molar-refractivity contribution in [2.24, 2.45) is 0 Å². The zero-order chi connectivity index (χ0) is 26.0. The standard InChI is InChI=1S/C15H23N3O4S.C7H10N2O2S/c1-13(15(19)20)18(12-14-6-4-3-5-7-14)23(21,22)17-10-8-16(2)9-11-17;1-8-6(7(10)11)2-5-3-12-4-9-5/h3-7,13H,8-12H2,1-2H3,(H,19,20);3-4,6,8H,2H2,1H3,(H,10,11)/t13-;6-/m00/s1. The highest BCUT2D eigenvalue weighted by Crippen LogP contribution is 2.19. The van der Waals surface area contributed by atoms with Crippen LogP contribution in [0.1, 0.15) is 18.2 Å². The summed E-state index contributed by atoms with van der Waals surface area (Å²) in [6.45, 7) is 3.47. The first kappa shape index (κ1) is 28.8. The summed E-state index contributed by atoms with van der Waals surface area (Å²) in [5, 5.41) is 22.5. The molecule has 35 heavy (non-hydrogen) atoms. The van der Waals surface area contributed by atoms with Gasteiger partial charge in [-0.2, -0.15) is 17.0 Å². The van der Waals surface area contributed by atoms with Crippen molar-refractivity contribution in [1.29, 1.82) is 0 Å². The number of nitrogens with one attached hydrogen (secondary N) is 1. The molecular formula is C22H33N5O6S2. The molecule has 2 atom stereocenters. The molecule has 1 aliphatic rings. The molecule has 2 heterocycles. The average Bonchev–Trinajstić information content (AvgIpc) is 3.35. The van der Waals surface area contributed by atoms with E-state index in [9.17, 15) is 23.1 Å². The molecule has 0 bridgehead atoms. The summed E-state index contributed by atoms with van der Waals surface area (Å²) in [4.78, 5) is 28.0. The van der Waals surface area contributed by atoms with Gasteiger partial charge in [0, 0.05) is 44.5 Å². The van der Waals surface area contributed by atoms with Gasteiger partial charge < -0.3 is 20.4 Å². The molecule has 1 aliphatic heterocycles. The molecule has 0 spiro atoms. The number of piperazine rings is 1. The van der Waals surface area contributed by atoms with E-state index in [-0.39, 0.29) is 6.54 Å². The van der Waals surface area contributed by atoms with E-state index in [1.807, 2.05) is 23.4 Å². The average molecular weight is 528 g/mol. The number of benzene rings is 1. The van der Waals surface area contributed by atoms with Gasteiger partial charge in [0.15, 0.2) is 0 Å². The van der Waals surface area contributed by atoms with Crippen molar-refractivity contribution < 1.29 is 28.2 Å². The van der Waals surface area contributed by atoms with Gasteiger partial charge in [-0.05, 0) is 26.6 Å². The maximum absolute atomic E-state index is 12.9. The van der Waals surface area contributed by atoms with Crippen molar-refractivity contribution in [1.82, 2.24) is 23.8 Å². The number of thiazole rings is 1. The van der Waals surface area contributed by atoms with Gasteiger partial charge in [0.2, 0.25) is 0 Å². The summed E-state index contributed by atoms with van der Waals surface area (Å²) in [7, 11) is -0.265. The molecule has 3 N–H and O–H groups in total. The number of likely N-dealkylation sites (N-methyl/N-ethyl adjacent to an activating group) is 2. The van der Waals surface area contributed by atoms with E-state index >= 15 is 0 Å². The second-order valence-electron chi connectivity index (χ2n) is 8.12. The first-order valence-corrected chi connectivity index (χ1v) is 13.4. The van der Waals surface area contributed by atoms with Gasteiger partial charge in [0.05, 0.1) is 11.2 Å². The summed E-state index contributed by atoms with van der Waals surface area (Å²) in [6.07, 6.45) is 0.440. The smallest absolute Gasteiger partial charge is 0.321 e. The van der Waals surface area contributed by atoms with Gasteiger partial charge in [0.1, 0.15) is 12.1 Å². The Bertz CT molecular complexity index is 1030. The summed E-state index contributed by atoms with van der Waals surface area (Å²) in [5.41, 5.74) is 3.28. The van der Waals surface area contributed by atoms with Crippen LogP contribution in [0.25, 0.3) is 0 Å². The highest BCUT2D eigenvalue weighted by atomic mass is 32.2. The second kappa shape index (κ2) is 13.6. The molecule has 0 unspecified atom stereocenters. The third-order valence-corrected chi connectivity index (χ3v) is 8.29. The van der Waals surface area contributed by atoms with E-state index in [0.29, 0.717) is 32.6 Å². The third-order valence-electron chi connectivity index (χ3n) is 5.60. The monoisotopic (exact) mass is 527 g/mol. The molecule has 0 radical (unpaired) electrons. The zero-order valence-electron chi connectivity index (χ0n) is 20.1. The molecule has 0 amide bonds. The highest BCUT2D eigenvalue weighted by molar-refractivity contribution is 7.86. The highest BCUT2D eigenvalue weighted by Gasteiger charge is 2.37. The van der Waals surface area contributed by atoms with Gasteiger partial charge in [-0.25, -0.2) is 4.98 Å². The summed E-state index contributed by atoms with van der Waals surface area (Å²) < 4.78 is 28.3. The number of aromatic nitrogens is 1. The Kier molecular flexibility index (Phi) is 11.2. The minimum absolute atomic E-state index is 0.0446. The van der Waals surface area contributed by atoms with Crippen LogP contribution in [-0.4, -0.2) is 101 Å². The molecular weight excluding hydrogens is 494 g/mol. The SMILES string of the molecule is CN[C@@H](Cc1cscn1)C(=O)O.C[C@@H](C(=O)O)N(Cc1ccccc1)S(=O)(=O)N1CCN(C)CC1. The molecule has 2 aromatic rings. The van der Waals surface area contributed by atoms with Crippen LogP contribution in [-0.2, 0) is 32.8 Å². The van der Waals surface area contributed by atoms with E-state index in [1.54, 1.807) is 36.8 Å². The topological polar surface area (TPSA) is 143 Å². The Hall–Kier alpha value is -2.42. The minimum atomic E-state index is -3.83. The van der Waals surface area contributed by atoms with Crippen LogP contribution in [0.3, 0.4) is 0 Å². The zero-order valence-corrected chi connectivity index (χ0v) is 21.7. The molecule has 1 saturated heterocycles. The molecule has 13 heteroatoms. The van der Waals surface area contributed by atoms with Crippen LogP contribution in [0, 0.1) is 0 Å². The molecule has 0 saturated carbocycles. The lowest BCUT2D eigenvalue weighted by molar-refractivity contribution is -0.141. The quantitative estimate of drug-likeness (QED) is 0.409. The Morgan fingerprint density at radius 3 is 2.26 bits per heavy atom. The number of rotatable bonds is 10. The number of hydrogen-bond acceptors (Lipinski definition) is 8. The number of aliphatic carboxylic acids is 2. The van der Waals surface area contributed by atoms with Crippen molar-refractivity contribution in [3.63, 3.8) is 0 Å². The van der Waals surface area contributed by atoms with Gasteiger partial charge in [-0.15, -0.1) is 11.3 Å². The van der Waals surface area contributed by atoms with Crippen molar-refractivity contribution in [3.05, 3.63) is 52.5 Å². The van der Waals surface area contributed by atoms with E-state index in [2.05, 4.69) is 10.3 Å². The van der Waals surface area contributed by atoms with Gasteiger partial charge in [0.25, 0.3) is 10.2 Å². The van der Waals surface area contributed by atoms with Crippen molar-refractivity contribution in [2.45, 2.75) is 32.0 Å². The van der Waals surface area contributed by atoms with Crippen molar-refractivity contribution in [2.75, 3.05) is 40.3 Å². The van der Waals surface area contributed by atoms with Crippen LogP contribution in [0.4, 0.5) is 0 Å². The Morgan fingerprint density at radius 1 is 1.14 bits per heavy atom. The van der Waals surface area contributed by atoms with Crippen LogP contribution in [0.5, 0.6) is 0 Å². The van der Waals surface area contributed by atoms with E-state index < -0.39 is 34.2 Å². The maximum atomic E-state index is 12.9. The normalized spacial score (nSPS) is 16.8. The Morgan fingerprint density at radius 2 is 1.77 bits per heavy atom. The van der Waals surface area contributed by atoms with Gasteiger partial charge in [-0.3, -0.25) is 9.59 Å². The maximum Gasteiger partial charge on any atom is 0.321 e. The fourth-order valence-electron chi connectivity index (χ4n) is 3.33. The summed E-state index contributed by atoms with van der Waals surface area (Å²) in [6, 6.07) is 7.38. The van der Waals surface area contributed by atoms with Crippen molar-refractivity contribution >= 4 is 33.5 Å². The van der Waals surface area contributed by atoms with E-state index in [0.717, 1.165) is 15.6 Å². The number of carbonyl (C=O) groups is 2. The lowest BCUT2D eigenvalue weighted by atomic mass is 10.2. The fourth-order valence-corrected chi connectivity index (χ4v) is 5.63. The Balaban J connectivity index is 0.000000303. The summed E-state index contributed by atoms with van der Waals surface area (Å²) >= 11 is 1.47. The van der Waals surface area contributed by atoms with E-state index in [1.165, 1.54) is 22.6 Å². The first-order valence-electron chi connectivity index (χ1n) is 11.1.